The molecule has 0 atom stereocenters. The van der Waals surface area contributed by atoms with Crippen molar-refractivity contribution in [2.24, 2.45) is 4.99 Å². The Labute approximate surface area is 178 Å². The van der Waals surface area contributed by atoms with Gasteiger partial charge >= 0.3 is 0 Å². The van der Waals surface area contributed by atoms with Crippen LogP contribution < -0.4 is 5.32 Å². The molecule has 1 saturated heterocycles. The lowest BCUT2D eigenvalue weighted by molar-refractivity contribution is -0.0829. The summed E-state index contributed by atoms with van der Waals surface area (Å²) in [4.78, 5) is 6.93. The van der Waals surface area contributed by atoms with Crippen LogP contribution in [0.2, 0.25) is 0 Å². The highest BCUT2D eigenvalue weighted by Gasteiger charge is 2.32. The molecule has 0 unspecified atom stereocenters. The number of nitrogens with zero attached hydrogens (tertiary/aromatic N) is 2. The van der Waals surface area contributed by atoms with Crippen LogP contribution >= 0.6 is 24.0 Å². The minimum absolute atomic E-state index is 0. The number of para-hydroxylation sites is 1. The molecule has 7 heteroatoms. The Kier molecular flexibility index (Phi) is 8.37. The molecule has 1 fully saturated rings. The number of fused-ring (bicyclic) bond motifs is 1. The normalized spacial score (nSPS) is 16.8. The van der Waals surface area contributed by atoms with Crippen molar-refractivity contribution in [2.75, 3.05) is 40.5 Å². The number of ether oxygens (including phenoxy) is 2. The third kappa shape index (κ3) is 5.58. The first-order valence-corrected chi connectivity index (χ1v) is 9.25. The largest absolute Gasteiger partial charge is 0.459 e. The van der Waals surface area contributed by atoms with Crippen molar-refractivity contribution in [3.05, 3.63) is 36.1 Å². The van der Waals surface area contributed by atoms with Crippen LogP contribution in [0.4, 0.5) is 0 Å². The van der Waals surface area contributed by atoms with Gasteiger partial charge in [-0.15, -0.1) is 24.0 Å². The van der Waals surface area contributed by atoms with Crippen LogP contribution in [0.3, 0.4) is 0 Å². The number of nitrogens with one attached hydrogen (secondary N) is 1. The van der Waals surface area contributed by atoms with E-state index in [2.05, 4.69) is 29.3 Å². The fourth-order valence-electron chi connectivity index (χ4n) is 3.28. The molecule has 1 N–H and O–H groups in total. The van der Waals surface area contributed by atoms with E-state index in [1.165, 1.54) is 0 Å². The molecule has 150 valence electrons. The van der Waals surface area contributed by atoms with Gasteiger partial charge in [-0.1, -0.05) is 18.2 Å². The monoisotopic (exact) mass is 487 g/mol. The number of rotatable bonds is 6. The van der Waals surface area contributed by atoms with Crippen molar-refractivity contribution >= 4 is 40.9 Å². The van der Waals surface area contributed by atoms with E-state index in [-0.39, 0.29) is 29.6 Å². The third-order valence-corrected chi connectivity index (χ3v) is 4.92. The van der Waals surface area contributed by atoms with E-state index in [1.807, 2.05) is 25.2 Å². The minimum Gasteiger partial charge on any atom is -0.459 e. The van der Waals surface area contributed by atoms with Crippen molar-refractivity contribution in [3.63, 3.8) is 0 Å². The lowest BCUT2D eigenvalue weighted by Crippen LogP contribution is -2.44. The first kappa shape index (κ1) is 22.0. The van der Waals surface area contributed by atoms with E-state index in [9.17, 15) is 0 Å². The predicted octanol–water partition coefficient (Wildman–Crippen LogP) is 3.64. The van der Waals surface area contributed by atoms with Gasteiger partial charge < -0.3 is 24.1 Å². The molecule has 0 saturated carbocycles. The maximum absolute atomic E-state index is 5.94. The van der Waals surface area contributed by atoms with E-state index in [4.69, 9.17) is 18.9 Å². The van der Waals surface area contributed by atoms with Gasteiger partial charge in [0.15, 0.2) is 5.96 Å². The molecule has 1 aliphatic heterocycles. The van der Waals surface area contributed by atoms with Crippen molar-refractivity contribution in [3.8, 4) is 0 Å². The summed E-state index contributed by atoms with van der Waals surface area (Å²) in [6, 6.07) is 10.2. The second-order valence-electron chi connectivity index (χ2n) is 6.78. The fourth-order valence-corrected chi connectivity index (χ4v) is 3.28. The second kappa shape index (κ2) is 10.3. The number of hydrogen-bond donors (Lipinski definition) is 1. The Morgan fingerprint density at radius 3 is 2.70 bits per heavy atom. The van der Waals surface area contributed by atoms with Gasteiger partial charge in [0.05, 0.1) is 18.7 Å². The van der Waals surface area contributed by atoms with Crippen LogP contribution in [0.5, 0.6) is 0 Å². The quantitative estimate of drug-likeness (QED) is 0.383. The van der Waals surface area contributed by atoms with Gasteiger partial charge in [0.1, 0.15) is 11.3 Å². The molecule has 2 aromatic rings. The van der Waals surface area contributed by atoms with Gasteiger partial charge in [-0.3, -0.25) is 4.99 Å². The SMILES string of the molecule is CCNC(=NCC1(OC)CCOCC1)N(C)Cc1cc2ccccc2o1.I. The summed E-state index contributed by atoms with van der Waals surface area (Å²) in [5.41, 5.74) is 0.692. The highest BCUT2D eigenvalue weighted by molar-refractivity contribution is 14.0. The predicted molar refractivity (Wildman–Crippen MR) is 119 cm³/mol. The summed E-state index contributed by atoms with van der Waals surface area (Å²) in [6.45, 7) is 5.63. The van der Waals surface area contributed by atoms with E-state index in [0.29, 0.717) is 13.1 Å². The van der Waals surface area contributed by atoms with Crippen LogP contribution in [-0.4, -0.2) is 56.9 Å². The summed E-state index contributed by atoms with van der Waals surface area (Å²) in [7, 11) is 3.80. The van der Waals surface area contributed by atoms with Crippen LogP contribution in [0.1, 0.15) is 25.5 Å². The Hall–Kier alpha value is -1.32. The van der Waals surface area contributed by atoms with Gasteiger partial charge in [0, 0.05) is 52.1 Å². The summed E-state index contributed by atoms with van der Waals surface area (Å²) >= 11 is 0. The maximum Gasteiger partial charge on any atom is 0.194 e. The zero-order chi connectivity index (χ0) is 18.4. The molecule has 0 bridgehead atoms. The molecule has 2 heterocycles. The number of hydrogen-bond acceptors (Lipinski definition) is 4. The van der Waals surface area contributed by atoms with Gasteiger partial charge in [-0.25, -0.2) is 0 Å². The highest BCUT2D eigenvalue weighted by Crippen LogP contribution is 2.25. The van der Waals surface area contributed by atoms with E-state index < -0.39 is 0 Å². The molecule has 0 amide bonds. The van der Waals surface area contributed by atoms with Crippen molar-refractivity contribution in [1.82, 2.24) is 10.2 Å². The van der Waals surface area contributed by atoms with Gasteiger partial charge in [-0.2, -0.15) is 0 Å². The molecule has 0 spiro atoms. The average molecular weight is 487 g/mol. The molecular formula is C20H30IN3O3. The minimum atomic E-state index is -0.223. The van der Waals surface area contributed by atoms with Crippen LogP contribution in [0, 0.1) is 0 Å². The van der Waals surface area contributed by atoms with E-state index in [1.54, 1.807) is 7.11 Å². The van der Waals surface area contributed by atoms with Gasteiger partial charge in [0.2, 0.25) is 0 Å². The maximum atomic E-state index is 5.94. The molecule has 6 nitrogen and oxygen atoms in total. The van der Waals surface area contributed by atoms with Gasteiger partial charge in [0.25, 0.3) is 0 Å². The average Bonchev–Trinajstić information content (AvgIpc) is 3.08. The molecule has 27 heavy (non-hydrogen) atoms. The Morgan fingerprint density at radius 1 is 1.30 bits per heavy atom. The molecule has 0 aliphatic carbocycles. The summed E-state index contributed by atoms with van der Waals surface area (Å²) < 4.78 is 17.2. The molecule has 0 radical (unpaired) electrons. The topological polar surface area (TPSA) is 59.2 Å². The molecule has 3 rings (SSSR count). The number of guanidine groups is 1. The van der Waals surface area contributed by atoms with Crippen LogP contribution in [-0.2, 0) is 16.0 Å². The summed E-state index contributed by atoms with van der Waals surface area (Å²) in [6.07, 6.45) is 1.75. The van der Waals surface area contributed by atoms with Crippen LogP contribution in [0.15, 0.2) is 39.7 Å². The number of furan rings is 1. The molecule has 1 aromatic heterocycles. The number of methoxy groups -OCH3 is 1. The molecule has 1 aromatic carbocycles. The Bertz CT molecular complexity index is 708. The highest BCUT2D eigenvalue weighted by atomic mass is 127. The fraction of sp³-hybridized carbons (Fsp3) is 0.550. The lowest BCUT2D eigenvalue weighted by atomic mass is 9.94. The zero-order valence-electron chi connectivity index (χ0n) is 16.4. The van der Waals surface area contributed by atoms with Crippen molar-refractivity contribution in [1.29, 1.82) is 0 Å². The molecular weight excluding hydrogens is 457 g/mol. The van der Waals surface area contributed by atoms with E-state index >= 15 is 0 Å². The van der Waals surface area contributed by atoms with Crippen molar-refractivity contribution in [2.45, 2.75) is 31.9 Å². The van der Waals surface area contributed by atoms with Crippen LogP contribution in [0.25, 0.3) is 11.0 Å². The van der Waals surface area contributed by atoms with Gasteiger partial charge in [-0.05, 0) is 19.1 Å². The third-order valence-electron chi connectivity index (χ3n) is 4.92. The second-order valence-corrected chi connectivity index (χ2v) is 6.78. The van der Waals surface area contributed by atoms with E-state index in [0.717, 1.165) is 55.3 Å². The number of aliphatic imine (C=N–C) groups is 1. The first-order valence-electron chi connectivity index (χ1n) is 9.25. The summed E-state index contributed by atoms with van der Waals surface area (Å²) in [5.74, 6) is 1.78. The van der Waals surface area contributed by atoms with Crippen molar-refractivity contribution < 1.29 is 13.9 Å². The molecule has 1 aliphatic rings. The summed E-state index contributed by atoms with van der Waals surface area (Å²) in [5, 5.41) is 4.49. The standard InChI is InChI=1S/C20H29N3O3.HI/c1-4-21-19(22-15-20(24-3)9-11-25-12-10-20)23(2)14-17-13-16-7-5-6-8-18(16)26-17;/h5-8,13H,4,9-12,14-15H2,1-3H3,(H,21,22);1H. The smallest absolute Gasteiger partial charge is 0.194 e. The Balaban J connectivity index is 0.00000261. The Morgan fingerprint density at radius 2 is 2.04 bits per heavy atom. The zero-order valence-corrected chi connectivity index (χ0v) is 18.7. The number of benzene rings is 1. The lowest BCUT2D eigenvalue weighted by Gasteiger charge is -2.35. The first-order chi connectivity index (χ1) is 12.7. The number of halogens is 1.